The van der Waals surface area contributed by atoms with Crippen molar-refractivity contribution in [3.8, 4) is 5.75 Å². The van der Waals surface area contributed by atoms with Crippen LogP contribution in [0.5, 0.6) is 5.75 Å². The number of hydrogen-bond donors (Lipinski definition) is 1. The van der Waals surface area contributed by atoms with Crippen molar-refractivity contribution in [3.63, 3.8) is 0 Å². The molecule has 2 aliphatic heterocycles. The van der Waals surface area contributed by atoms with E-state index in [2.05, 4.69) is 23.5 Å². The summed E-state index contributed by atoms with van der Waals surface area (Å²) < 4.78 is 5.51. The van der Waals surface area contributed by atoms with Crippen LogP contribution in [0.15, 0.2) is 18.2 Å². The van der Waals surface area contributed by atoms with Crippen LogP contribution >= 0.6 is 0 Å². The van der Waals surface area contributed by atoms with Gasteiger partial charge in [-0.1, -0.05) is 0 Å². The predicted octanol–water partition coefficient (Wildman–Crippen LogP) is 2.04. The summed E-state index contributed by atoms with van der Waals surface area (Å²) in [5.41, 5.74) is 2.47. The summed E-state index contributed by atoms with van der Waals surface area (Å²) in [6.07, 6.45) is 3.05. The van der Waals surface area contributed by atoms with Crippen LogP contribution in [0.25, 0.3) is 0 Å². The van der Waals surface area contributed by atoms with Crippen LogP contribution in [0.3, 0.4) is 0 Å². The molecular formula is C15H20N2O2. The van der Waals surface area contributed by atoms with E-state index < -0.39 is 0 Å². The van der Waals surface area contributed by atoms with Crippen molar-refractivity contribution >= 4 is 11.6 Å². The molecule has 0 aromatic heterocycles. The summed E-state index contributed by atoms with van der Waals surface area (Å²) in [4.78, 5) is 13.2. The Hall–Kier alpha value is -1.71. The lowest BCUT2D eigenvalue weighted by atomic mass is 10.0. The fourth-order valence-electron chi connectivity index (χ4n) is 2.85. The first-order chi connectivity index (χ1) is 9.22. The molecule has 0 spiro atoms. The van der Waals surface area contributed by atoms with E-state index in [4.69, 9.17) is 4.74 Å². The van der Waals surface area contributed by atoms with Gasteiger partial charge in [0.2, 0.25) is 5.91 Å². The van der Waals surface area contributed by atoms with Gasteiger partial charge in [-0.25, -0.2) is 0 Å². The highest BCUT2D eigenvalue weighted by atomic mass is 16.5. The molecule has 4 heteroatoms. The van der Waals surface area contributed by atoms with Crippen molar-refractivity contribution in [2.45, 2.75) is 32.2 Å². The number of piperidine rings is 1. The minimum Gasteiger partial charge on any atom is -0.493 e. The Morgan fingerprint density at radius 1 is 1.37 bits per heavy atom. The lowest BCUT2D eigenvalue weighted by molar-refractivity contribution is -0.129. The SMILES string of the molecule is CC(=O)N1CCC(Nc2ccc3c(c2)CCO3)CC1. The molecule has 19 heavy (non-hydrogen) atoms. The van der Waals surface area contributed by atoms with E-state index >= 15 is 0 Å². The molecule has 0 atom stereocenters. The van der Waals surface area contributed by atoms with Crippen molar-refractivity contribution in [3.05, 3.63) is 23.8 Å². The number of likely N-dealkylation sites (tertiary alicyclic amines) is 1. The topological polar surface area (TPSA) is 41.6 Å². The second-order valence-corrected chi connectivity index (χ2v) is 5.35. The van der Waals surface area contributed by atoms with Gasteiger partial charge in [0.1, 0.15) is 5.75 Å². The molecular weight excluding hydrogens is 240 g/mol. The van der Waals surface area contributed by atoms with Gasteiger partial charge < -0.3 is 15.0 Å². The first kappa shape index (κ1) is 12.3. The second kappa shape index (κ2) is 5.11. The smallest absolute Gasteiger partial charge is 0.219 e. The first-order valence-electron chi connectivity index (χ1n) is 7.00. The van der Waals surface area contributed by atoms with Crippen molar-refractivity contribution in [1.29, 1.82) is 0 Å². The molecule has 0 radical (unpaired) electrons. The number of nitrogens with one attached hydrogen (secondary N) is 1. The van der Waals surface area contributed by atoms with E-state index in [1.54, 1.807) is 6.92 Å². The zero-order valence-electron chi connectivity index (χ0n) is 11.3. The molecule has 1 fully saturated rings. The number of carbonyl (C=O) groups is 1. The number of nitrogens with zero attached hydrogens (tertiary/aromatic N) is 1. The van der Waals surface area contributed by atoms with E-state index in [1.807, 2.05) is 4.90 Å². The minimum atomic E-state index is 0.188. The molecule has 0 bridgehead atoms. The van der Waals surface area contributed by atoms with E-state index in [0.29, 0.717) is 6.04 Å². The van der Waals surface area contributed by atoms with Crippen LogP contribution in [-0.2, 0) is 11.2 Å². The summed E-state index contributed by atoms with van der Waals surface area (Å²) in [5, 5.41) is 3.58. The van der Waals surface area contributed by atoms with Gasteiger partial charge in [-0.2, -0.15) is 0 Å². The maximum Gasteiger partial charge on any atom is 0.219 e. The van der Waals surface area contributed by atoms with Gasteiger partial charge >= 0.3 is 0 Å². The van der Waals surface area contributed by atoms with Crippen molar-refractivity contribution in [2.75, 3.05) is 25.0 Å². The van der Waals surface area contributed by atoms with E-state index in [0.717, 1.165) is 44.7 Å². The van der Waals surface area contributed by atoms with Crippen molar-refractivity contribution in [1.82, 2.24) is 4.90 Å². The number of benzene rings is 1. The standard InChI is InChI=1S/C15H20N2O2/c1-11(18)17-7-4-13(5-8-17)16-14-2-3-15-12(10-14)6-9-19-15/h2-3,10,13,16H,4-9H2,1H3. The molecule has 2 heterocycles. The van der Waals surface area contributed by atoms with Gasteiger partial charge in [0.05, 0.1) is 6.61 Å². The highest BCUT2D eigenvalue weighted by molar-refractivity contribution is 5.73. The average molecular weight is 260 g/mol. The summed E-state index contributed by atoms with van der Waals surface area (Å²) in [6.45, 7) is 4.17. The Kier molecular flexibility index (Phi) is 3.32. The molecule has 1 N–H and O–H groups in total. The maximum absolute atomic E-state index is 11.3. The third-order valence-corrected chi connectivity index (χ3v) is 4.00. The van der Waals surface area contributed by atoms with Gasteiger partial charge in [0.15, 0.2) is 0 Å². The molecule has 1 amide bonds. The monoisotopic (exact) mass is 260 g/mol. The van der Waals surface area contributed by atoms with E-state index in [-0.39, 0.29) is 5.91 Å². The second-order valence-electron chi connectivity index (χ2n) is 5.35. The van der Waals surface area contributed by atoms with E-state index in [1.165, 1.54) is 11.3 Å². The Balaban J connectivity index is 1.59. The van der Waals surface area contributed by atoms with E-state index in [9.17, 15) is 4.79 Å². The number of rotatable bonds is 2. The molecule has 0 unspecified atom stereocenters. The number of ether oxygens (including phenoxy) is 1. The number of anilines is 1. The number of carbonyl (C=O) groups excluding carboxylic acids is 1. The normalized spacial score (nSPS) is 18.9. The molecule has 2 aliphatic rings. The van der Waals surface area contributed by atoms with Gasteiger partial charge in [0, 0.05) is 38.2 Å². The fraction of sp³-hybridized carbons (Fsp3) is 0.533. The number of hydrogen-bond acceptors (Lipinski definition) is 3. The first-order valence-corrected chi connectivity index (χ1v) is 7.00. The van der Waals surface area contributed by atoms with Crippen molar-refractivity contribution in [2.24, 2.45) is 0 Å². The zero-order chi connectivity index (χ0) is 13.2. The molecule has 4 nitrogen and oxygen atoms in total. The van der Waals surface area contributed by atoms with Crippen LogP contribution in [0, 0.1) is 0 Å². The average Bonchev–Trinajstić information content (AvgIpc) is 2.87. The number of fused-ring (bicyclic) bond motifs is 1. The Morgan fingerprint density at radius 2 is 2.16 bits per heavy atom. The summed E-state index contributed by atoms with van der Waals surface area (Å²) in [6, 6.07) is 6.80. The minimum absolute atomic E-state index is 0.188. The van der Waals surface area contributed by atoms with Crippen LogP contribution < -0.4 is 10.1 Å². The van der Waals surface area contributed by atoms with Crippen LogP contribution in [0.4, 0.5) is 5.69 Å². The summed E-state index contributed by atoms with van der Waals surface area (Å²) in [5.74, 6) is 1.21. The highest BCUT2D eigenvalue weighted by Gasteiger charge is 2.21. The lowest BCUT2D eigenvalue weighted by Crippen LogP contribution is -2.41. The van der Waals surface area contributed by atoms with Gasteiger partial charge in [-0.05, 0) is 36.6 Å². The third-order valence-electron chi connectivity index (χ3n) is 4.00. The Labute approximate surface area is 113 Å². The molecule has 0 saturated carbocycles. The Morgan fingerprint density at radius 3 is 2.89 bits per heavy atom. The van der Waals surface area contributed by atoms with Crippen LogP contribution in [0.1, 0.15) is 25.3 Å². The summed E-state index contributed by atoms with van der Waals surface area (Å²) >= 11 is 0. The molecule has 1 saturated heterocycles. The molecule has 1 aromatic rings. The van der Waals surface area contributed by atoms with Crippen LogP contribution in [0.2, 0.25) is 0 Å². The largest absolute Gasteiger partial charge is 0.493 e. The molecule has 102 valence electrons. The third kappa shape index (κ3) is 2.67. The molecule has 3 rings (SSSR count). The lowest BCUT2D eigenvalue weighted by Gasteiger charge is -2.32. The summed E-state index contributed by atoms with van der Waals surface area (Å²) in [7, 11) is 0. The molecule has 0 aliphatic carbocycles. The predicted molar refractivity (Wildman–Crippen MR) is 74.5 cm³/mol. The zero-order valence-corrected chi connectivity index (χ0v) is 11.3. The molecule has 1 aromatic carbocycles. The van der Waals surface area contributed by atoms with Crippen molar-refractivity contribution < 1.29 is 9.53 Å². The quantitative estimate of drug-likeness (QED) is 0.885. The van der Waals surface area contributed by atoms with Gasteiger partial charge in [-0.15, -0.1) is 0 Å². The van der Waals surface area contributed by atoms with Gasteiger partial charge in [-0.3, -0.25) is 4.79 Å². The fourth-order valence-corrected chi connectivity index (χ4v) is 2.85. The van der Waals surface area contributed by atoms with Gasteiger partial charge in [0.25, 0.3) is 0 Å². The Bertz CT molecular complexity index is 479. The number of amides is 1. The highest BCUT2D eigenvalue weighted by Crippen LogP contribution is 2.28. The maximum atomic E-state index is 11.3. The van der Waals surface area contributed by atoms with Crippen LogP contribution in [-0.4, -0.2) is 36.5 Å².